The minimum atomic E-state index is -4.49. The van der Waals surface area contributed by atoms with Gasteiger partial charge in [-0.2, -0.15) is 8.78 Å². The normalized spacial score (nSPS) is 12.0. The van der Waals surface area contributed by atoms with Crippen LogP contribution in [0.25, 0.3) is 22.5 Å². The zero-order valence-electron chi connectivity index (χ0n) is 34.3. The Morgan fingerprint density at radius 3 is 1.87 bits per heavy atom. The summed E-state index contributed by atoms with van der Waals surface area (Å²) >= 11 is 0. The summed E-state index contributed by atoms with van der Waals surface area (Å²) in [7, 11) is -3.07. The number of halogens is 5. The number of alkyl carbamates (subject to hydrolysis) is 1. The number of nitrogens with zero attached hydrogens (tertiary/aromatic N) is 4. The van der Waals surface area contributed by atoms with E-state index in [-0.39, 0.29) is 56.7 Å². The number of hydrogen-bond donors (Lipinski definition) is 2. The maximum Gasteiger partial charge on any atom is 0.407 e. The van der Waals surface area contributed by atoms with E-state index in [1.165, 1.54) is 88.1 Å². The van der Waals surface area contributed by atoms with Crippen LogP contribution in [0.1, 0.15) is 38.0 Å². The van der Waals surface area contributed by atoms with Crippen LogP contribution in [0.15, 0.2) is 107 Å². The summed E-state index contributed by atoms with van der Waals surface area (Å²) in [5, 5.41) is 5.06. The number of pyridine rings is 2. The Bertz CT molecular complexity index is 2780. The summed E-state index contributed by atoms with van der Waals surface area (Å²) in [5.41, 5.74) is -2.62. The molecule has 0 saturated heterocycles. The molecule has 4 aromatic heterocycles. The molecule has 0 fully saturated rings. The molecule has 14 nitrogen and oxygen atoms in total. The Hall–Kier alpha value is -5.96. The third kappa shape index (κ3) is 9.88. The van der Waals surface area contributed by atoms with Gasteiger partial charge in [0.05, 0.1) is 30.2 Å². The Kier molecular flexibility index (Phi) is 15.6. The van der Waals surface area contributed by atoms with Crippen LogP contribution in [-0.2, 0) is 31.3 Å². The highest BCUT2D eigenvalue weighted by atomic mass is 35.5. The molecule has 0 saturated carbocycles. The number of amides is 1. The van der Waals surface area contributed by atoms with E-state index in [0.29, 0.717) is 9.72 Å². The average Bonchev–Trinajstić information content (AvgIpc) is 3.76. The van der Waals surface area contributed by atoms with Gasteiger partial charge >= 0.3 is 6.09 Å². The molecule has 0 bridgehead atoms. The zero-order valence-corrected chi connectivity index (χ0v) is 36.8. The van der Waals surface area contributed by atoms with Crippen molar-refractivity contribution in [1.82, 2.24) is 28.5 Å². The third-order valence-corrected chi connectivity index (χ3v) is 12.4. The van der Waals surface area contributed by atoms with Gasteiger partial charge in [0.2, 0.25) is 11.9 Å². The molecule has 0 aliphatic heterocycles. The highest BCUT2D eigenvalue weighted by Crippen LogP contribution is 2.43. The maximum absolute atomic E-state index is 16.0. The number of ether oxygens (including phenoxy) is 3. The van der Waals surface area contributed by atoms with Gasteiger partial charge in [-0.05, 0) is 55.6 Å². The lowest BCUT2D eigenvalue weighted by atomic mass is 9.85. The Balaban J connectivity index is 0.000000275. The van der Waals surface area contributed by atoms with Crippen LogP contribution in [0.3, 0.4) is 0 Å². The number of carbonyl (C=O) groups is 1. The molecule has 1 atom stereocenters. The van der Waals surface area contributed by atoms with E-state index in [0.717, 1.165) is 22.6 Å². The molecule has 2 aromatic carbocycles. The SMILES string of the molecule is CNC(=O)OC(c1cn(S(=O)(=O)c2ccccc2OC)c(-c2cccnc2F)c1F)C(C)(C)C.CNCc1cn(S(=O)(=O)c2cccc(OC)c2)c(-c2cccnc2F)c1F.Cl. The van der Waals surface area contributed by atoms with E-state index in [1.807, 2.05) is 0 Å². The summed E-state index contributed by atoms with van der Waals surface area (Å²) in [4.78, 5) is 18.7. The number of rotatable bonds is 12. The molecule has 62 heavy (non-hydrogen) atoms. The fourth-order valence-electron chi connectivity index (χ4n) is 6.15. The average molecular weight is 923 g/mol. The van der Waals surface area contributed by atoms with E-state index in [2.05, 4.69) is 20.6 Å². The highest BCUT2D eigenvalue weighted by molar-refractivity contribution is 7.90. The summed E-state index contributed by atoms with van der Waals surface area (Å²) in [6.45, 7) is 5.14. The van der Waals surface area contributed by atoms with Crippen LogP contribution in [0.4, 0.5) is 22.4 Å². The minimum absolute atomic E-state index is 0. The number of aromatic nitrogens is 4. The Labute approximate surface area is 362 Å². The fraction of sp³-hybridized carbons (Fsp3) is 0.244. The number of nitrogens with one attached hydrogen (secondary N) is 2. The van der Waals surface area contributed by atoms with Gasteiger partial charge in [-0.25, -0.2) is 48.3 Å². The molecule has 1 unspecified atom stereocenters. The zero-order chi connectivity index (χ0) is 44.9. The van der Waals surface area contributed by atoms with Crippen molar-refractivity contribution in [3.8, 4) is 34.0 Å². The van der Waals surface area contributed by atoms with Crippen molar-refractivity contribution < 1.29 is 53.4 Å². The van der Waals surface area contributed by atoms with Gasteiger partial charge in [0.1, 0.15) is 33.9 Å². The molecular weight excluding hydrogens is 880 g/mol. The van der Waals surface area contributed by atoms with Crippen LogP contribution >= 0.6 is 12.4 Å². The van der Waals surface area contributed by atoms with Crippen molar-refractivity contribution in [2.24, 2.45) is 5.41 Å². The molecule has 6 rings (SSSR count). The third-order valence-electron chi connectivity index (χ3n) is 9.02. The number of para-hydroxylation sites is 1. The fourth-order valence-corrected chi connectivity index (χ4v) is 9.12. The lowest BCUT2D eigenvalue weighted by molar-refractivity contribution is 0.0294. The van der Waals surface area contributed by atoms with Gasteiger partial charge < -0.3 is 24.8 Å². The monoisotopic (exact) mass is 922 g/mol. The Morgan fingerprint density at radius 1 is 0.758 bits per heavy atom. The van der Waals surface area contributed by atoms with Crippen LogP contribution < -0.4 is 20.1 Å². The highest BCUT2D eigenvalue weighted by Gasteiger charge is 2.38. The standard InChI is InChI=1S/C23H25F2N3O5S.C18H17F2N3O3S.ClH/c1-23(2,3)20(33-22(29)26-4)15-13-28(19(18(15)24)14-9-8-12-27-21(14)25)34(30,31)17-11-7-6-10-16(17)32-5;1-21-10-12-11-23(17(16(12)19)15-7-4-8-22-18(15)20)27(24,25)14-6-3-5-13(9-14)26-2;/h6-13,20H,1-5H3,(H,26,29);3-9,11,21H,10H2,1-2H3;1H. The smallest absolute Gasteiger partial charge is 0.407 e. The molecule has 332 valence electrons. The van der Waals surface area contributed by atoms with Gasteiger partial charge in [0, 0.05) is 61.0 Å². The first kappa shape index (κ1) is 48.7. The van der Waals surface area contributed by atoms with Gasteiger partial charge in [-0.3, -0.25) is 0 Å². The van der Waals surface area contributed by atoms with E-state index >= 15 is 4.39 Å². The molecule has 4 heterocycles. The maximum atomic E-state index is 16.0. The molecule has 0 radical (unpaired) electrons. The van der Waals surface area contributed by atoms with Crippen molar-refractivity contribution in [2.45, 2.75) is 43.2 Å². The van der Waals surface area contributed by atoms with Crippen molar-refractivity contribution in [1.29, 1.82) is 0 Å². The number of methoxy groups -OCH3 is 2. The van der Waals surface area contributed by atoms with Crippen molar-refractivity contribution in [3.05, 3.63) is 132 Å². The van der Waals surface area contributed by atoms with E-state index in [4.69, 9.17) is 14.2 Å². The number of benzene rings is 2. The van der Waals surface area contributed by atoms with Crippen LogP contribution in [0.5, 0.6) is 11.5 Å². The molecule has 0 spiro atoms. The number of carbonyl (C=O) groups excluding carboxylic acids is 1. The lowest BCUT2D eigenvalue weighted by Crippen LogP contribution is -2.29. The van der Waals surface area contributed by atoms with Gasteiger partial charge in [0.25, 0.3) is 20.0 Å². The first-order chi connectivity index (χ1) is 28.8. The first-order valence-corrected chi connectivity index (χ1v) is 21.0. The quantitative estimate of drug-likeness (QED) is 0.0909. The molecule has 0 aliphatic rings. The second-order valence-electron chi connectivity index (χ2n) is 14.1. The molecule has 6 aromatic rings. The van der Waals surface area contributed by atoms with Gasteiger partial charge in [-0.15, -0.1) is 12.4 Å². The first-order valence-electron chi connectivity index (χ1n) is 18.2. The van der Waals surface area contributed by atoms with Crippen molar-refractivity contribution in [2.75, 3.05) is 28.3 Å². The number of hydrogen-bond acceptors (Lipinski definition) is 11. The molecule has 1 amide bonds. The van der Waals surface area contributed by atoms with Gasteiger partial charge in [-0.1, -0.05) is 39.0 Å². The molecule has 2 N–H and O–H groups in total. The lowest BCUT2D eigenvalue weighted by Gasteiger charge is -2.29. The predicted molar refractivity (Wildman–Crippen MR) is 224 cm³/mol. The summed E-state index contributed by atoms with van der Waals surface area (Å²) in [5.74, 6) is -3.58. The van der Waals surface area contributed by atoms with E-state index < -0.39 is 72.6 Å². The van der Waals surface area contributed by atoms with Crippen LogP contribution in [0, 0.1) is 28.9 Å². The molecule has 0 aliphatic carbocycles. The van der Waals surface area contributed by atoms with Crippen molar-refractivity contribution in [3.63, 3.8) is 0 Å². The molecular formula is C41H43ClF4N6O8S2. The summed E-state index contributed by atoms with van der Waals surface area (Å²) in [6.07, 6.45) is 2.45. The second kappa shape index (κ2) is 19.8. The largest absolute Gasteiger partial charge is 0.497 e. The van der Waals surface area contributed by atoms with E-state index in [1.54, 1.807) is 40.0 Å². The molecule has 21 heteroatoms. The second-order valence-corrected chi connectivity index (χ2v) is 17.7. The van der Waals surface area contributed by atoms with Gasteiger partial charge in [0.15, 0.2) is 11.6 Å². The van der Waals surface area contributed by atoms with Crippen LogP contribution in [0.2, 0.25) is 0 Å². The topological polar surface area (TPSA) is 173 Å². The summed E-state index contributed by atoms with van der Waals surface area (Å²) in [6, 6.07) is 16.8. The predicted octanol–water partition coefficient (Wildman–Crippen LogP) is 7.73. The summed E-state index contributed by atoms with van der Waals surface area (Å²) < 4.78 is 131. The van der Waals surface area contributed by atoms with Crippen molar-refractivity contribution >= 4 is 38.5 Å². The van der Waals surface area contributed by atoms with Crippen LogP contribution in [-0.4, -0.2) is 69.2 Å². The minimum Gasteiger partial charge on any atom is -0.497 e. The van der Waals surface area contributed by atoms with E-state index in [9.17, 15) is 34.8 Å². The Morgan fingerprint density at radius 2 is 1.34 bits per heavy atom.